The number of hydrogen-bond acceptors (Lipinski definition) is 3. The number of furan rings is 1. The van der Waals surface area contributed by atoms with Crippen LogP contribution in [0.15, 0.2) is 41.0 Å². The highest BCUT2D eigenvalue weighted by Crippen LogP contribution is 2.29. The molecule has 0 amide bonds. The zero-order valence-corrected chi connectivity index (χ0v) is 7.68. The van der Waals surface area contributed by atoms with Crippen molar-refractivity contribution in [3.8, 4) is 16.9 Å². The van der Waals surface area contributed by atoms with E-state index >= 15 is 0 Å². The molecule has 0 atom stereocenters. The fraction of sp³-hybridized carbons (Fsp3) is 0. The van der Waals surface area contributed by atoms with Gasteiger partial charge in [-0.15, -0.1) is 0 Å². The van der Waals surface area contributed by atoms with Gasteiger partial charge in [0, 0.05) is 11.1 Å². The largest absolute Gasteiger partial charge is 0.507 e. The van der Waals surface area contributed by atoms with Gasteiger partial charge in [0.15, 0.2) is 0 Å². The number of rotatable bonds is 2. The number of phenols is 1. The molecule has 4 heteroatoms. The Hall–Kier alpha value is -2.23. The van der Waals surface area contributed by atoms with Gasteiger partial charge in [-0.1, -0.05) is 18.2 Å². The predicted molar refractivity (Wildman–Crippen MR) is 52.8 cm³/mol. The van der Waals surface area contributed by atoms with Gasteiger partial charge in [0.2, 0.25) is 5.76 Å². The Morgan fingerprint density at radius 3 is 2.60 bits per heavy atom. The van der Waals surface area contributed by atoms with Crippen LogP contribution < -0.4 is 0 Å². The maximum atomic E-state index is 10.6. The summed E-state index contributed by atoms with van der Waals surface area (Å²) in [7, 11) is 0. The van der Waals surface area contributed by atoms with Crippen LogP contribution in [-0.4, -0.2) is 16.2 Å². The highest BCUT2D eigenvalue weighted by atomic mass is 16.4. The topological polar surface area (TPSA) is 70.7 Å². The lowest BCUT2D eigenvalue weighted by atomic mass is 10.1. The van der Waals surface area contributed by atoms with Crippen molar-refractivity contribution in [1.82, 2.24) is 0 Å². The predicted octanol–water partition coefficient (Wildman–Crippen LogP) is 2.35. The zero-order valence-electron chi connectivity index (χ0n) is 7.68. The number of hydrogen-bond donors (Lipinski definition) is 2. The molecule has 0 spiro atoms. The van der Waals surface area contributed by atoms with E-state index in [1.165, 1.54) is 18.4 Å². The first-order valence-corrected chi connectivity index (χ1v) is 4.28. The molecule has 0 unspecified atom stereocenters. The van der Waals surface area contributed by atoms with Crippen molar-refractivity contribution < 1.29 is 19.4 Å². The third-order valence-corrected chi connectivity index (χ3v) is 2.03. The van der Waals surface area contributed by atoms with Gasteiger partial charge in [0.05, 0.1) is 6.26 Å². The standard InChI is InChI=1S/C11H8O4/c12-9-4-2-1-3-8(9)7-5-10(11(13)14)15-6-7/h1-6,12H,(H,13,14). The summed E-state index contributed by atoms with van der Waals surface area (Å²) < 4.78 is 4.82. The van der Waals surface area contributed by atoms with E-state index in [-0.39, 0.29) is 11.5 Å². The molecule has 2 N–H and O–H groups in total. The first-order valence-electron chi connectivity index (χ1n) is 4.28. The van der Waals surface area contributed by atoms with Crippen LogP contribution in [0.5, 0.6) is 5.75 Å². The molecule has 1 heterocycles. The summed E-state index contributed by atoms with van der Waals surface area (Å²) in [6, 6.07) is 8.03. The summed E-state index contributed by atoms with van der Waals surface area (Å²) in [6.45, 7) is 0. The lowest BCUT2D eigenvalue weighted by Gasteiger charge is -1.98. The van der Waals surface area contributed by atoms with E-state index in [4.69, 9.17) is 9.52 Å². The molecule has 1 aromatic carbocycles. The quantitative estimate of drug-likeness (QED) is 0.787. The monoisotopic (exact) mass is 204 g/mol. The van der Waals surface area contributed by atoms with Crippen LogP contribution in [0.4, 0.5) is 0 Å². The van der Waals surface area contributed by atoms with Gasteiger partial charge in [-0.25, -0.2) is 4.79 Å². The summed E-state index contributed by atoms with van der Waals surface area (Å²) >= 11 is 0. The molecule has 0 aliphatic rings. The van der Waals surface area contributed by atoms with Crippen molar-refractivity contribution in [2.75, 3.05) is 0 Å². The Kier molecular flexibility index (Phi) is 2.17. The number of carboxylic acids is 1. The number of phenolic OH excluding ortho intramolecular Hbond substituents is 1. The Balaban J connectivity index is 2.46. The molecular formula is C11H8O4. The van der Waals surface area contributed by atoms with Crippen molar-refractivity contribution in [3.63, 3.8) is 0 Å². The summed E-state index contributed by atoms with van der Waals surface area (Å²) in [5.74, 6) is -1.18. The number of aromatic hydroxyl groups is 1. The average molecular weight is 204 g/mol. The first kappa shape index (κ1) is 9.33. The Bertz CT molecular complexity index is 499. The lowest BCUT2D eigenvalue weighted by Crippen LogP contribution is -1.91. The maximum Gasteiger partial charge on any atom is 0.371 e. The van der Waals surface area contributed by atoms with Gasteiger partial charge < -0.3 is 14.6 Å². The first-order chi connectivity index (χ1) is 7.18. The van der Waals surface area contributed by atoms with Crippen LogP contribution in [-0.2, 0) is 0 Å². The van der Waals surface area contributed by atoms with Crippen molar-refractivity contribution in [2.24, 2.45) is 0 Å². The van der Waals surface area contributed by atoms with Crippen molar-refractivity contribution in [2.45, 2.75) is 0 Å². The number of benzene rings is 1. The average Bonchev–Trinajstić information content (AvgIpc) is 2.67. The van der Waals surface area contributed by atoms with Crippen molar-refractivity contribution >= 4 is 5.97 Å². The van der Waals surface area contributed by atoms with E-state index in [2.05, 4.69) is 0 Å². The van der Waals surface area contributed by atoms with E-state index in [9.17, 15) is 9.90 Å². The number of carboxylic acid groups (broad SMARTS) is 1. The second kappa shape index (κ2) is 3.49. The molecule has 0 radical (unpaired) electrons. The SMILES string of the molecule is O=C(O)c1cc(-c2ccccc2O)co1. The lowest BCUT2D eigenvalue weighted by molar-refractivity contribution is 0.0662. The minimum Gasteiger partial charge on any atom is -0.507 e. The van der Waals surface area contributed by atoms with Crippen LogP contribution in [0.2, 0.25) is 0 Å². The third kappa shape index (κ3) is 1.69. The smallest absolute Gasteiger partial charge is 0.371 e. The summed E-state index contributed by atoms with van der Waals surface area (Å²) in [4.78, 5) is 10.6. The highest BCUT2D eigenvalue weighted by molar-refractivity contribution is 5.86. The van der Waals surface area contributed by atoms with Gasteiger partial charge in [-0.2, -0.15) is 0 Å². The zero-order chi connectivity index (χ0) is 10.8. The molecule has 4 nitrogen and oxygen atoms in total. The third-order valence-electron chi connectivity index (χ3n) is 2.03. The molecule has 2 rings (SSSR count). The van der Waals surface area contributed by atoms with Crippen LogP contribution in [0.1, 0.15) is 10.6 Å². The molecule has 0 bridgehead atoms. The van der Waals surface area contributed by atoms with E-state index < -0.39 is 5.97 Å². The number of aromatic carboxylic acids is 1. The minimum absolute atomic E-state index is 0.0928. The summed E-state index contributed by atoms with van der Waals surface area (Å²) in [5, 5.41) is 18.2. The second-order valence-electron chi connectivity index (χ2n) is 3.02. The van der Waals surface area contributed by atoms with Crippen LogP contribution >= 0.6 is 0 Å². The van der Waals surface area contributed by atoms with Crippen molar-refractivity contribution in [1.29, 1.82) is 0 Å². The molecule has 0 fully saturated rings. The minimum atomic E-state index is -1.13. The van der Waals surface area contributed by atoms with E-state index in [1.807, 2.05) is 0 Å². The Labute approximate surface area is 85.4 Å². The van der Waals surface area contributed by atoms with Crippen LogP contribution in [0.3, 0.4) is 0 Å². The van der Waals surface area contributed by atoms with Gasteiger partial charge in [0.1, 0.15) is 5.75 Å². The van der Waals surface area contributed by atoms with Gasteiger partial charge >= 0.3 is 5.97 Å². The second-order valence-corrected chi connectivity index (χ2v) is 3.02. The van der Waals surface area contributed by atoms with Crippen molar-refractivity contribution in [3.05, 3.63) is 42.4 Å². The molecule has 2 aromatic rings. The molecule has 0 saturated heterocycles. The maximum absolute atomic E-state index is 10.6. The highest BCUT2D eigenvalue weighted by Gasteiger charge is 2.11. The van der Waals surface area contributed by atoms with Crippen LogP contribution in [0.25, 0.3) is 11.1 Å². The van der Waals surface area contributed by atoms with Gasteiger partial charge in [0.25, 0.3) is 0 Å². The number of carbonyl (C=O) groups is 1. The Morgan fingerprint density at radius 1 is 1.27 bits per heavy atom. The molecular weight excluding hydrogens is 196 g/mol. The number of para-hydroxylation sites is 1. The fourth-order valence-corrected chi connectivity index (χ4v) is 1.31. The molecule has 0 aliphatic heterocycles. The van der Waals surface area contributed by atoms with Crippen LogP contribution in [0, 0.1) is 0 Å². The normalized spacial score (nSPS) is 10.1. The van der Waals surface area contributed by atoms with Gasteiger partial charge in [-0.3, -0.25) is 0 Å². The molecule has 0 aliphatic carbocycles. The van der Waals surface area contributed by atoms with E-state index in [1.54, 1.807) is 18.2 Å². The van der Waals surface area contributed by atoms with E-state index in [0.29, 0.717) is 11.1 Å². The van der Waals surface area contributed by atoms with E-state index in [0.717, 1.165) is 0 Å². The summed E-state index contributed by atoms with van der Waals surface area (Å²) in [6.07, 6.45) is 1.30. The molecule has 76 valence electrons. The Morgan fingerprint density at radius 2 is 2.00 bits per heavy atom. The fourth-order valence-electron chi connectivity index (χ4n) is 1.31. The molecule has 15 heavy (non-hydrogen) atoms. The molecule has 1 aromatic heterocycles. The molecule has 0 saturated carbocycles. The summed E-state index contributed by atoms with van der Waals surface area (Å²) in [5.41, 5.74) is 1.10. The van der Waals surface area contributed by atoms with Gasteiger partial charge in [-0.05, 0) is 12.1 Å².